The molecule has 0 bridgehead atoms. The topological polar surface area (TPSA) is 55.1 Å². The molecule has 0 aromatic rings. The van der Waals surface area contributed by atoms with Crippen molar-refractivity contribution < 1.29 is 4.79 Å². The Morgan fingerprint density at radius 3 is 2.50 bits per heavy atom. The van der Waals surface area contributed by atoms with Gasteiger partial charge in [-0.3, -0.25) is 10.2 Å². The molecule has 80 valence electrons. The summed E-state index contributed by atoms with van der Waals surface area (Å²) in [4.78, 5) is 11.4. The minimum atomic E-state index is 0.0500. The van der Waals surface area contributed by atoms with Crippen LogP contribution >= 0.6 is 0 Å². The number of hydrazine groups is 1. The van der Waals surface area contributed by atoms with Gasteiger partial charge in [0.2, 0.25) is 5.91 Å². The van der Waals surface area contributed by atoms with E-state index in [2.05, 4.69) is 5.43 Å². The Bertz CT molecular complexity index is 217. The van der Waals surface area contributed by atoms with Gasteiger partial charge in [0.1, 0.15) is 0 Å². The predicted molar refractivity (Wildman–Crippen MR) is 55.1 cm³/mol. The van der Waals surface area contributed by atoms with Gasteiger partial charge in [-0.2, -0.15) is 0 Å². The average Bonchev–Trinajstić information content (AvgIpc) is 2.27. The molecule has 3 unspecified atom stereocenters. The van der Waals surface area contributed by atoms with Crippen LogP contribution in [0.2, 0.25) is 0 Å². The highest BCUT2D eigenvalue weighted by atomic mass is 16.2. The summed E-state index contributed by atoms with van der Waals surface area (Å²) in [6, 6.07) is 0. The number of nitrogens with one attached hydrogen (secondary N) is 1. The fraction of sp³-hybridized carbons (Fsp3) is 0.909. The van der Waals surface area contributed by atoms with Crippen LogP contribution in [-0.2, 0) is 4.79 Å². The van der Waals surface area contributed by atoms with Crippen LogP contribution in [0.15, 0.2) is 0 Å². The zero-order valence-electron chi connectivity index (χ0n) is 8.67. The van der Waals surface area contributed by atoms with Gasteiger partial charge in [-0.05, 0) is 31.1 Å². The molecule has 2 fully saturated rings. The summed E-state index contributed by atoms with van der Waals surface area (Å²) in [5, 5.41) is 0. The number of carbonyl (C=O) groups is 1. The fourth-order valence-corrected chi connectivity index (χ4v) is 3.23. The first-order chi connectivity index (χ1) is 6.81. The van der Waals surface area contributed by atoms with Crippen molar-refractivity contribution >= 4 is 5.91 Å². The molecule has 0 saturated heterocycles. The minimum Gasteiger partial charge on any atom is -0.294 e. The molecule has 0 radical (unpaired) electrons. The summed E-state index contributed by atoms with van der Waals surface area (Å²) in [7, 11) is 0. The zero-order chi connectivity index (χ0) is 9.97. The largest absolute Gasteiger partial charge is 0.294 e. The summed E-state index contributed by atoms with van der Waals surface area (Å²) in [6.45, 7) is 0. The monoisotopic (exact) mass is 196 g/mol. The second-order valence-corrected chi connectivity index (χ2v) is 4.82. The molecule has 0 aromatic carbocycles. The van der Waals surface area contributed by atoms with E-state index in [1.165, 1.54) is 32.1 Å². The quantitative estimate of drug-likeness (QED) is 0.380. The molecule has 14 heavy (non-hydrogen) atoms. The van der Waals surface area contributed by atoms with Crippen LogP contribution in [0.5, 0.6) is 0 Å². The number of rotatable bonds is 1. The molecule has 2 saturated carbocycles. The molecule has 2 rings (SSSR count). The molecule has 3 nitrogen and oxygen atoms in total. The first kappa shape index (κ1) is 9.97. The summed E-state index contributed by atoms with van der Waals surface area (Å²) in [5.41, 5.74) is 2.29. The first-order valence-corrected chi connectivity index (χ1v) is 5.81. The van der Waals surface area contributed by atoms with E-state index in [4.69, 9.17) is 5.84 Å². The molecular weight excluding hydrogens is 176 g/mol. The van der Waals surface area contributed by atoms with Crippen LogP contribution in [0.4, 0.5) is 0 Å². The van der Waals surface area contributed by atoms with Gasteiger partial charge in [-0.1, -0.05) is 25.7 Å². The SMILES string of the molecule is NNC(=O)C1CCC2CCCCC2C1. The maximum Gasteiger partial charge on any atom is 0.236 e. The van der Waals surface area contributed by atoms with Gasteiger partial charge >= 0.3 is 0 Å². The minimum absolute atomic E-state index is 0.0500. The van der Waals surface area contributed by atoms with Gasteiger partial charge < -0.3 is 0 Å². The maximum atomic E-state index is 11.4. The van der Waals surface area contributed by atoms with Gasteiger partial charge in [-0.15, -0.1) is 0 Å². The van der Waals surface area contributed by atoms with Gasteiger partial charge in [0.25, 0.3) is 0 Å². The van der Waals surface area contributed by atoms with Gasteiger partial charge in [0.15, 0.2) is 0 Å². The van der Waals surface area contributed by atoms with Crippen molar-refractivity contribution in [3.05, 3.63) is 0 Å². The van der Waals surface area contributed by atoms with E-state index < -0.39 is 0 Å². The third-order valence-corrected chi connectivity index (χ3v) is 4.05. The molecule has 0 aliphatic heterocycles. The van der Waals surface area contributed by atoms with Crippen molar-refractivity contribution in [1.82, 2.24) is 5.43 Å². The van der Waals surface area contributed by atoms with E-state index >= 15 is 0 Å². The van der Waals surface area contributed by atoms with E-state index in [0.717, 1.165) is 24.7 Å². The van der Waals surface area contributed by atoms with Crippen molar-refractivity contribution in [2.75, 3.05) is 0 Å². The number of hydrogen-bond acceptors (Lipinski definition) is 2. The highest BCUT2D eigenvalue weighted by Crippen LogP contribution is 2.42. The smallest absolute Gasteiger partial charge is 0.236 e. The summed E-state index contributed by atoms with van der Waals surface area (Å²) >= 11 is 0. The number of fused-ring (bicyclic) bond motifs is 1. The van der Waals surface area contributed by atoms with Crippen LogP contribution < -0.4 is 11.3 Å². The number of carbonyl (C=O) groups excluding carboxylic acids is 1. The molecule has 0 heterocycles. The summed E-state index contributed by atoms with van der Waals surface area (Å²) in [5.74, 6) is 7.13. The lowest BCUT2D eigenvalue weighted by atomic mass is 9.67. The molecule has 3 atom stereocenters. The third kappa shape index (κ3) is 1.92. The molecule has 0 spiro atoms. The highest BCUT2D eigenvalue weighted by Gasteiger charge is 2.34. The molecule has 3 heteroatoms. The molecule has 2 aliphatic carbocycles. The number of amides is 1. The lowest BCUT2D eigenvalue weighted by Gasteiger charge is -2.38. The van der Waals surface area contributed by atoms with Crippen LogP contribution in [-0.4, -0.2) is 5.91 Å². The Hall–Kier alpha value is -0.570. The third-order valence-electron chi connectivity index (χ3n) is 4.05. The number of hydrogen-bond donors (Lipinski definition) is 2. The van der Waals surface area contributed by atoms with Gasteiger partial charge in [0.05, 0.1) is 0 Å². The van der Waals surface area contributed by atoms with E-state index in [1.807, 2.05) is 0 Å². The van der Waals surface area contributed by atoms with E-state index in [-0.39, 0.29) is 11.8 Å². The molecule has 3 N–H and O–H groups in total. The first-order valence-electron chi connectivity index (χ1n) is 5.81. The van der Waals surface area contributed by atoms with Crippen LogP contribution in [0.3, 0.4) is 0 Å². The maximum absolute atomic E-state index is 11.4. The highest BCUT2D eigenvalue weighted by molar-refractivity contribution is 5.78. The fourth-order valence-electron chi connectivity index (χ4n) is 3.23. The second kappa shape index (κ2) is 4.30. The molecule has 1 amide bonds. The zero-order valence-corrected chi connectivity index (χ0v) is 8.67. The van der Waals surface area contributed by atoms with E-state index in [0.29, 0.717) is 0 Å². The van der Waals surface area contributed by atoms with Crippen molar-refractivity contribution in [3.63, 3.8) is 0 Å². The Labute approximate surface area is 85.4 Å². The van der Waals surface area contributed by atoms with Crippen LogP contribution in [0.25, 0.3) is 0 Å². The van der Waals surface area contributed by atoms with Crippen molar-refractivity contribution in [1.29, 1.82) is 0 Å². The average molecular weight is 196 g/mol. The standard InChI is InChI=1S/C11H20N2O/c12-13-11(14)10-6-5-8-3-1-2-4-9(8)7-10/h8-10H,1-7,12H2,(H,13,14). The summed E-state index contributed by atoms with van der Waals surface area (Å²) < 4.78 is 0. The molecular formula is C11H20N2O. The van der Waals surface area contributed by atoms with Crippen molar-refractivity contribution in [2.45, 2.75) is 44.9 Å². The Morgan fingerprint density at radius 2 is 1.79 bits per heavy atom. The van der Waals surface area contributed by atoms with E-state index in [1.54, 1.807) is 0 Å². The van der Waals surface area contributed by atoms with Crippen LogP contribution in [0, 0.1) is 17.8 Å². The van der Waals surface area contributed by atoms with Crippen molar-refractivity contribution in [2.24, 2.45) is 23.6 Å². The van der Waals surface area contributed by atoms with Crippen LogP contribution in [0.1, 0.15) is 44.9 Å². The van der Waals surface area contributed by atoms with Gasteiger partial charge in [0, 0.05) is 5.92 Å². The summed E-state index contributed by atoms with van der Waals surface area (Å²) in [6.07, 6.45) is 8.84. The lowest BCUT2D eigenvalue weighted by molar-refractivity contribution is -0.127. The van der Waals surface area contributed by atoms with E-state index in [9.17, 15) is 4.79 Å². The second-order valence-electron chi connectivity index (χ2n) is 4.82. The lowest BCUT2D eigenvalue weighted by Crippen LogP contribution is -2.40. The normalized spacial score (nSPS) is 37.4. The van der Waals surface area contributed by atoms with Crippen molar-refractivity contribution in [3.8, 4) is 0 Å². The molecule has 0 aromatic heterocycles. The van der Waals surface area contributed by atoms with Gasteiger partial charge in [-0.25, -0.2) is 5.84 Å². The Kier molecular flexibility index (Phi) is 3.06. The predicted octanol–water partition coefficient (Wildman–Crippen LogP) is 1.58. The number of nitrogens with two attached hydrogens (primary N) is 1. The Morgan fingerprint density at radius 1 is 1.07 bits per heavy atom. The Balaban J connectivity index is 1.92. The molecule has 2 aliphatic rings.